The monoisotopic (exact) mass is 414 g/mol. The molecule has 0 aromatic heterocycles. The van der Waals surface area contributed by atoms with Gasteiger partial charge in [0.05, 0.1) is 11.0 Å². The van der Waals surface area contributed by atoms with Crippen molar-refractivity contribution in [2.75, 3.05) is 19.3 Å². The van der Waals surface area contributed by atoms with Crippen LogP contribution in [0.25, 0.3) is 0 Å². The number of nitro benzene ring substituents is 1. The molecule has 1 aliphatic rings. The van der Waals surface area contributed by atoms with Crippen LogP contribution in [-0.2, 0) is 17.8 Å². The molecular weight excluding hydrogens is 388 g/mol. The van der Waals surface area contributed by atoms with Crippen LogP contribution < -0.4 is 11.1 Å². The van der Waals surface area contributed by atoms with Crippen molar-refractivity contribution in [2.24, 2.45) is 5.73 Å². The SMILES string of the molecule is CSc1ccc(CCN2CC(NCc3ccc([N+](=O)[O-])cc3)CC2C(N)=O)cc1. The summed E-state index contributed by atoms with van der Waals surface area (Å²) in [5.41, 5.74) is 7.93. The van der Waals surface area contributed by atoms with Gasteiger partial charge >= 0.3 is 0 Å². The molecule has 2 aromatic carbocycles. The summed E-state index contributed by atoms with van der Waals surface area (Å²) < 4.78 is 0. The molecule has 0 saturated carbocycles. The molecule has 1 aliphatic heterocycles. The van der Waals surface area contributed by atoms with Crippen LogP contribution >= 0.6 is 11.8 Å². The summed E-state index contributed by atoms with van der Waals surface area (Å²) in [5, 5.41) is 14.2. The number of non-ortho nitro benzene ring substituents is 1. The number of amides is 1. The van der Waals surface area contributed by atoms with Gasteiger partial charge in [0.1, 0.15) is 0 Å². The van der Waals surface area contributed by atoms with E-state index >= 15 is 0 Å². The maximum Gasteiger partial charge on any atom is 0.269 e. The summed E-state index contributed by atoms with van der Waals surface area (Å²) in [4.78, 5) is 25.6. The minimum absolute atomic E-state index is 0.0835. The van der Waals surface area contributed by atoms with Crippen molar-refractivity contribution in [3.8, 4) is 0 Å². The molecule has 2 aromatic rings. The third-order valence-corrected chi connectivity index (χ3v) is 6.06. The molecule has 154 valence electrons. The quantitative estimate of drug-likeness (QED) is 0.372. The molecule has 3 N–H and O–H groups in total. The van der Waals surface area contributed by atoms with Crippen LogP contribution in [0.5, 0.6) is 0 Å². The summed E-state index contributed by atoms with van der Waals surface area (Å²) in [5.74, 6) is -0.289. The second-order valence-electron chi connectivity index (χ2n) is 7.25. The van der Waals surface area contributed by atoms with Crippen LogP contribution in [0.3, 0.4) is 0 Å². The maximum atomic E-state index is 11.9. The Hall–Kier alpha value is -2.42. The molecule has 7 nitrogen and oxygen atoms in total. The number of nitro groups is 1. The number of thioether (sulfide) groups is 1. The molecular formula is C21H26N4O3S. The average Bonchev–Trinajstić information content (AvgIpc) is 3.15. The molecule has 8 heteroatoms. The first kappa shape index (κ1) is 21.3. The van der Waals surface area contributed by atoms with E-state index in [1.54, 1.807) is 23.9 Å². The van der Waals surface area contributed by atoms with Crippen molar-refractivity contribution in [3.63, 3.8) is 0 Å². The van der Waals surface area contributed by atoms with Crippen molar-refractivity contribution < 1.29 is 9.72 Å². The van der Waals surface area contributed by atoms with Crippen LogP contribution in [-0.4, -0.2) is 47.2 Å². The van der Waals surface area contributed by atoms with Gasteiger partial charge in [-0.1, -0.05) is 24.3 Å². The van der Waals surface area contributed by atoms with Gasteiger partial charge in [-0.05, 0) is 42.4 Å². The number of nitrogens with one attached hydrogen (secondary N) is 1. The number of carbonyl (C=O) groups excluding carboxylic acids is 1. The first-order chi connectivity index (χ1) is 14.0. The van der Waals surface area contributed by atoms with Crippen LogP contribution in [0.1, 0.15) is 17.5 Å². The molecule has 0 aliphatic carbocycles. The Morgan fingerprint density at radius 1 is 1.21 bits per heavy atom. The Morgan fingerprint density at radius 3 is 2.45 bits per heavy atom. The van der Waals surface area contributed by atoms with E-state index in [-0.39, 0.29) is 23.7 Å². The fraction of sp³-hybridized carbons (Fsp3) is 0.381. The average molecular weight is 415 g/mol. The Balaban J connectivity index is 1.53. The van der Waals surface area contributed by atoms with Crippen molar-refractivity contribution >= 4 is 23.4 Å². The van der Waals surface area contributed by atoms with Crippen molar-refractivity contribution in [1.82, 2.24) is 10.2 Å². The molecule has 1 fully saturated rings. The Kier molecular flexibility index (Phi) is 7.24. The number of nitrogens with zero attached hydrogens (tertiary/aromatic N) is 2. The Bertz CT molecular complexity index is 842. The lowest BCUT2D eigenvalue weighted by molar-refractivity contribution is -0.384. The molecule has 0 radical (unpaired) electrons. The first-order valence-electron chi connectivity index (χ1n) is 9.59. The summed E-state index contributed by atoms with van der Waals surface area (Å²) in [7, 11) is 0. The standard InChI is InChI=1S/C21H26N4O3S/c1-29-19-8-4-15(5-9-19)10-11-24-14-17(12-20(24)21(22)26)23-13-16-2-6-18(7-3-16)25(27)28/h2-9,17,20,23H,10-14H2,1H3,(H2,22,26). The number of hydrogen-bond acceptors (Lipinski definition) is 6. The molecule has 1 amide bonds. The highest BCUT2D eigenvalue weighted by Crippen LogP contribution is 2.20. The zero-order valence-electron chi connectivity index (χ0n) is 16.4. The number of rotatable bonds is 9. The number of carbonyl (C=O) groups is 1. The van der Waals surface area contributed by atoms with E-state index in [2.05, 4.69) is 40.7 Å². The van der Waals surface area contributed by atoms with Gasteiger partial charge in [0.15, 0.2) is 0 Å². The highest BCUT2D eigenvalue weighted by Gasteiger charge is 2.34. The smallest absolute Gasteiger partial charge is 0.269 e. The highest BCUT2D eigenvalue weighted by molar-refractivity contribution is 7.98. The van der Waals surface area contributed by atoms with Gasteiger partial charge in [-0.15, -0.1) is 11.8 Å². The van der Waals surface area contributed by atoms with Crippen molar-refractivity contribution in [2.45, 2.75) is 36.4 Å². The Labute approximate surface area is 174 Å². The van der Waals surface area contributed by atoms with Crippen molar-refractivity contribution in [1.29, 1.82) is 0 Å². The number of likely N-dealkylation sites (tertiary alicyclic amines) is 1. The largest absolute Gasteiger partial charge is 0.368 e. The number of benzene rings is 2. The van der Waals surface area contributed by atoms with Gasteiger partial charge in [-0.25, -0.2) is 0 Å². The molecule has 2 atom stereocenters. The second kappa shape index (κ2) is 9.87. The van der Waals surface area contributed by atoms with Gasteiger partial charge in [0.2, 0.25) is 5.91 Å². The Morgan fingerprint density at radius 2 is 1.86 bits per heavy atom. The minimum Gasteiger partial charge on any atom is -0.368 e. The summed E-state index contributed by atoms with van der Waals surface area (Å²) in [6.45, 7) is 2.13. The summed E-state index contributed by atoms with van der Waals surface area (Å²) >= 11 is 1.72. The van der Waals surface area contributed by atoms with Gasteiger partial charge < -0.3 is 11.1 Å². The van der Waals surface area contributed by atoms with Gasteiger partial charge in [0, 0.05) is 42.7 Å². The molecule has 0 spiro atoms. The lowest BCUT2D eigenvalue weighted by atomic mass is 10.1. The maximum absolute atomic E-state index is 11.9. The third-order valence-electron chi connectivity index (χ3n) is 5.32. The van der Waals surface area contributed by atoms with Crippen molar-refractivity contribution in [3.05, 3.63) is 69.8 Å². The molecule has 3 rings (SSSR count). The molecule has 2 unspecified atom stereocenters. The fourth-order valence-corrected chi connectivity index (χ4v) is 4.07. The van der Waals surface area contributed by atoms with Crippen LogP contribution in [0.2, 0.25) is 0 Å². The lowest BCUT2D eigenvalue weighted by Gasteiger charge is -2.21. The molecule has 1 heterocycles. The molecule has 0 bridgehead atoms. The number of hydrogen-bond donors (Lipinski definition) is 2. The fourth-order valence-electron chi connectivity index (χ4n) is 3.66. The van der Waals surface area contributed by atoms with Gasteiger partial charge in [-0.3, -0.25) is 19.8 Å². The molecule has 1 saturated heterocycles. The van der Waals surface area contributed by atoms with Gasteiger partial charge in [-0.2, -0.15) is 0 Å². The van der Waals surface area contributed by atoms with E-state index in [9.17, 15) is 14.9 Å². The minimum atomic E-state index is -0.405. The van der Waals surface area contributed by atoms with E-state index in [1.807, 2.05) is 0 Å². The van der Waals surface area contributed by atoms with Crippen LogP contribution in [0.4, 0.5) is 5.69 Å². The molecule has 29 heavy (non-hydrogen) atoms. The van der Waals surface area contributed by atoms with Crippen LogP contribution in [0, 0.1) is 10.1 Å². The van der Waals surface area contributed by atoms with E-state index in [4.69, 9.17) is 5.73 Å². The number of nitrogens with two attached hydrogens (primary N) is 1. The highest BCUT2D eigenvalue weighted by atomic mass is 32.2. The van der Waals surface area contributed by atoms with E-state index in [0.717, 1.165) is 25.1 Å². The van der Waals surface area contributed by atoms with E-state index in [0.29, 0.717) is 13.0 Å². The van der Waals surface area contributed by atoms with Crippen LogP contribution in [0.15, 0.2) is 53.4 Å². The predicted octanol–water partition coefficient (Wildman–Crippen LogP) is 2.58. The zero-order chi connectivity index (χ0) is 20.8. The first-order valence-corrected chi connectivity index (χ1v) is 10.8. The normalized spacial score (nSPS) is 19.3. The lowest BCUT2D eigenvalue weighted by Crippen LogP contribution is -2.41. The van der Waals surface area contributed by atoms with E-state index in [1.165, 1.54) is 22.6 Å². The third kappa shape index (κ3) is 5.79. The van der Waals surface area contributed by atoms with E-state index < -0.39 is 4.92 Å². The second-order valence-corrected chi connectivity index (χ2v) is 8.13. The zero-order valence-corrected chi connectivity index (χ0v) is 17.2. The summed E-state index contributed by atoms with van der Waals surface area (Å²) in [6.07, 6.45) is 3.60. The van der Waals surface area contributed by atoms with Gasteiger partial charge in [0.25, 0.3) is 5.69 Å². The number of primary amides is 1. The predicted molar refractivity (Wildman–Crippen MR) is 115 cm³/mol. The summed E-state index contributed by atoms with van der Waals surface area (Å²) in [6, 6.07) is 14.9. The topological polar surface area (TPSA) is 102 Å².